The summed E-state index contributed by atoms with van der Waals surface area (Å²) in [5.41, 5.74) is 0.590. The Morgan fingerprint density at radius 1 is 1.10 bits per heavy atom. The minimum atomic E-state index is 0.590. The Morgan fingerprint density at radius 3 is 2.65 bits per heavy atom. The van der Waals surface area contributed by atoms with E-state index in [0.29, 0.717) is 5.41 Å². The Kier molecular flexibility index (Phi) is 4.26. The van der Waals surface area contributed by atoms with Gasteiger partial charge >= 0.3 is 0 Å². The van der Waals surface area contributed by atoms with Crippen molar-refractivity contribution in [1.29, 1.82) is 0 Å². The van der Waals surface area contributed by atoms with Crippen molar-refractivity contribution in [3.05, 3.63) is 0 Å². The minimum absolute atomic E-state index is 0.590. The summed E-state index contributed by atoms with van der Waals surface area (Å²) >= 11 is 0. The van der Waals surface area contributed by atoms with Gasteiger partial charge in [-0.1, -0.05) is 59.6 Å². The summed E-state index contributed by atoms with van der Waals surface area (Å²) in [6.45, 7) is 10.1. The van der Waals surface area contributed by atoms with Crippen molar-refractivity contribution in [2.24, 2.45) is 40.9 Å². The van der Waals surface area contributed by atoms with E-state index >= 15 is 0 Å². The molecule has 0 aromatic rings. The molecule has 2 aliphatic carbocycles. The highest BCUT2D eigenvalue weighted by molar-refractivity contribution is 6.35. The number of hydrogen-bond acceptors (Lipinski definition) is 0. The summed E-state index contributed by atoms with van der Waals surface area (Å²) in [5, 5.41) is 0. The number of rotatable bonds is 1. The highest BCUT2D eigenvalue weighted by atomic mass is 14.6. The molecular formula is C19H35B. The van der Waals surface area contributed by atoms with Gasteiger partial charge in [0.05, 0.1) is 0 Å². The van der Waals surface area contributed by atoms with Crippen molar-refractivity contribution in [2.75, 3.05) is 0 Å². The molecule has 0 N–H and O–H groups in total. The van der Waals surface area contributed by atoms with Gasteiger partial charge in [-0.05, 0) is 60.2 Å². The van der Waals surface area contributed by atoms with Crippen LogP contribution in [-0.4, -0.2) is 7.28 Å². The Bertz CT molecular complexity index is 335. The van der Waals surface area contributed by atoms with Crippen molar-refractivity contribution in [1.82, 2.24) is 0 Å². The monoisotopic (exact) mass is 274 g/mol. The van der Waals surface area contributed by atoms with Crippen LogP contribution in [0.2, 0.25) is 12.6 Å². The van der Waals surface area contributed by atoms with Crippen LogP contribution in [0.5, 0.6) is 0 Å². The van der Waals surface area contributed by atoms with E-state index in [2.05, 4.69) is 27.7 Å². The predicted octanol–water partition coefficient (Wildman–Crippen LogP) is 5.40. The molecule has 1 saturated heterocycles. The largest absolute Gasteiger partial charge is 0.120 e. The zero-order chi connectivity index (χ0) is 14.3. The lowest BCUT2D eigenvalue weighted by Gasteiger charge is -2.38. The van der Waals surface area contributed by atoms with E-state index in [4.69, 9.17) is 0 Å². The molecular weight excluding hydrogens is 239 g/mol. The van der Waals surface area contributed by atoms with Gasteiger partial charge in [-0.2, -0.15) is 0 Å². The predicted molar refractivity (Wildman–Crippen MR) is 90.5 cm³/mol. The molecule has 0 aromatic heterocycles. The highest BCUT2D eigenvalue weighted by Crippen LogP contribution is 2.59. The molecule has 0 nitrogen and oxygen atoms in total. The molecule has 3 aliphatic rings. The maximum absolute atomic E-state index is 2.61. The van der Waals surface area contributed by atoms with E-state index in [1.807, 2.05) is 0 Å². The van der Waals surface area contributed by atoms with Crippen molar-refractivity contribution in [2.45, 2.75) is 78.9 Å². The lowest BCUT2D eigenvalue weighted by molar-refractivity contribution is 0.146. The average molecular weight is 274 g/mol. The second kappa shape index (κ2) is 5.69. The minimum Gasteiger partial charge on any atom is -0.0771 e. The van der Waals surface area contributed by atoms with Gasteiger partial charge in [0.1, 0.15) is 7.28 Å². The van der Waals surface area contributed by atoms with Gasteiger partial charge < -0.3 is 0 Å². The molecule has 6 atom stereocenters. The lowest BCUT2D eigenvalue weighted by Crippen LogP contribution is -2.30. The molecule has 3 rings (SSSR count). The summed E-state index contributed by atoms with van der Waals surface area (Å²) in [7, 11) is 1.52. The van der Waals surface area contributed by atoms with Gasteiger partial charge in [0, 0.05) is 0 Å². The van der Waals surface area contributed by atoms with Crippen molar-refractivity contribution in [3.63, 3.8) is 0 Å². The summed E-state index contributed by atoms with van der Waals surface area (Å²) in [6, 6.07) is 0. The Morgan fingerprint density at radius 2 is 1.90 bits per heavy atom. The van der Waals surface area contributed by atoms with Crippen molar-refractivity contribution in [3.8, 4) is 0 Å². The first-order valence-corrected chi connectivity index (χ1v) is 9.53. The molecule has 0 radical (unpaired) electrons. The Labute approximate surface area is 127 Å². The van der Waals surface area contributed by atoms with Crippen LogP contribution in [0.1, 0.15) is 66.2 Å². The van der Waals surface area contributed by atoms with E-state index in [1.165, 1.54) is 39.3 Å². The first kappa shape index (κ1) is 15.0. The van der Waals surface area contributed by atoms with Gasteiger partial charge in [0.15, 0.2) is 0 Å². The first-order chi connectivity index (χ1) is 9.53. The molecule has 20 heavy (non-hydrogen) atoms. The fourth-order valence-corrected chi connectivity index (χ4v) is 6.89. The molecule has 3 fully saturated rings. The summed E-state index contributed by atoms with van der Waals surface area (Å²) in [5.74, 6) is 6.39. The van der Waals surface area contributed by atoms with E-state index in [1.54, 1.807) is 19.2 Å². The Hall–Kier alpha value is 0.0649. The smallest absolute Gasteiger partial charge is 0.0771 e. The fourth-order valence-electron chi connectivity index (χ4n) is 6.89. The van der Waals surface area contributed by atoms with Gasteiger partial charge in [-0.3, -0.25) is 0 Å². The zero-order valence-electron chi connectivity index (χ0n) is 14.3. The SMILES string of the molecule is CCC1C2CCCC(C)(C)CC(C)C1C1CBCCC21. The van der Waals surface area contributed by atoms with Crippen LogP contribution in [-0.2, 0) is 0 Å². The highest BCUT2D eigenvalue weighted by Gasteiger charge is 2.51. The quantitative estimate of drug-likeness (QED) is 0.561. The molecule has 2 bridgehead atoms. The van der Waals surface area contributed by atoms with Crippen LogP contribution in [0.3, 0.4) is 0 Å². The molecule has 1 aliphatic heterocycles. The third-order valence-corrected chi connectivity index (χ3v) is 7.36. The van der Waals surface area contributed by atoms with Crippen LogP contribution < -0.4 is 0 Å². The van der Waals surface area contributed by atoms with Crippen LogP contribution in [0.4, 0.5) is 0 Å². The average Bonchev–Trinajstić information content (AvgIpc) is 2.73. The topological polar surface area (TPSA) is 0 Å². The van der Waals surface area contributed by atoms with E-state index in [-0.39, 0.29) is 0 Å². The number of fused-ring (bicyclic) bond motifs is 5. The third kappa shape index (κ3) is 2.59. The normalized spacial score (nSPS) is 47.6. The maximum Gasteiger partial charge on any atom is 0.120 e. The molecule has 0 aromatic carbocycles. The van der Waals surface area contributed by atoms with Gasteiger partial charge in [0.2, 0.25) is 0 Å². The first-order valence-electron chi connectivity index (χ1n) is 9.53. The Balaban J connectivity index is 1.90. The molecule has 1 heteroatoms. The summed E-state index contributed by atoms with van der Waals surface area (Å²) < 4.78 is 0. The summed E-state index contributed by atoms with van der Waals surface area (Å²) in [6.07, 6.45) is 12.1. The molecule has 114 valence electrons. The zero-order valence-corrected chi connectivity index (χ0v) is 14.3. The van der Waals surface area contributed by atoms with Crippen LogP contribution >= 0.6 is 0 Å². The fraction of sp³-hybridized carbons (Fsp3) is 1.00. The van der Waals surface area contributed by atoms with Crippen molar-refractivity contribution < 1.29 is 0 Å². The molecule has 2 saturated carbocycles. The van der Waals surface area contributed by atoms with Crippen molar-refractivity contribution >= 4 is 7.28 Å². The van der Waals surface area contributed by atoms with Crippen LogP contribution in [0.15, 0.2) is 0 Å². The molecule has 1 heterocycles. The molecule has 6 unspecified atom stereocenters. The third-order valence-electron chi connectivity index (χ3n) is 7.36. The summed E-state index contributed by atoms with van der Waals surface area (Å²) in [4.78, 5) is 0. The second-order valence-electron chi connectivity index (χ2n) is 9.16. The lowest BCUT2D eigenvalue weighted by atomic mass is 9.54. The van der Waals surface area contributed by atoms with Gasteiger partial charge in [-0.15, -0.1) is 0 Å². The van der Waals surface area contributed by atoms with Crippen LogP contribution in [0.25, 0.3) is 0 Å². The standard InChI is InChI=1S/C19H35B/c1-5-14-15-7-6-9-19(3,4)11-13(2)18(14)17-12-20-10-8-16(15)17/h13-18,20H,5-12H2,1-4H3. The van der Waals surface area contributed by atoms with E-state index < -0.39 is 0 Å². The number of hydrogen-bond donors (Lipinski definition) is 0. The van der Waals surface area contributed by atoms with E-state index in [9.17, 15) is 0 Å². The second-order valence-corrected chi connectivity index (χ2v) is 9.16. The van der Waals surface area contributed by atoms with E-state index in [0.717, 1.165) is 35.5 Å². The van der Waals surface area contributed by atoms with Gasteiger partial charge in [-0.25, -0.2) is 0 Å². The van der Waals surface area contributed by atoms with Crippen LogP contribution in [0, 0.1) is 40.9 Å². The molecule has 0 amide bonds. The maximum atomic E-state index is 2.61. The van der Waals surface area contributed by atoms with Gasteiger partial charge in [0.25, 0.3) is 0 Å². The molecule has 0 spiro atoms.